The van der Waals surface area contributed by atoms with Crippen LogP contribution in [0.2, 0.25) is 0 Å². The predicted molar refractivity (Wildman–Crippen MR) is 68.6 cm³/mol. The third-order valence-electron chi connectivity index (χ3n) is 2.34. The molecule has 0 atom stereocenters. The SMILES string of the molecule is CNCc1cccc(S(=O)(=O)Nc2cn[nH]c2)c1. The maximum atomic E-state index is 12.1. The van der Waals surface area contributed by atoms with E-state index in [1.54, 1.807) is 18.2 Å². The molecule has 2 rings (SSSR count). The van der Waals surface area contributed by atoms with Crippen LogP contribution in [0.5, 0.6) is 0 Å². The van der Waals surface area contributed by atoms with Gasteiger partial charge in [-0.2, -0.15) is 5.10 Å². The smallest absolute Gasteiger partial charge is 0.262 e. The largest absolute Gasteiger partial charge is 0.316 e. The first kappa shape index (κ1) is 12.6. The molecule has 2 aromatic rings. The van der Waals surface area contributed by atoms with E-state index in [-0.39, 0.29) is 4.90 Å². The van der Waals surface area contributed by atoms with E-state index < -0.39 is 10.0 Å². The number of aromatic nitrogens is 2. The molecule has 0 unspecified atom stereocenters. The highest BCUT2D eigenvalue weighted by Gasteiger charge is 2.14. The fourth-order valence-corrected chi connectivity index (χ4v) is 2.65. The van der Waals surface area contributed by atoms with Crippen LogP contribution in [0.25, 0.3) is 0 Å². The number of hydrogen-bond acceptors (Lipinski definition) is 4. The number of sulfonamides is 1. The molecule has 18 heavy (non-hydrogen) atoms. The van der Waals surface area contributed by atoms with Gasteiger partial charge in [0, 0.05) is 12.7 Å². The first-order valence-electron chi connectivity index (χ1n) is 5.37. The Morgan fingerprint density at radius 3 is 2.89 bits per heavy atom. The lowest BCUT2D eigenvalue weighted by atomic mass is 10.2. The van der Waals surface area contributed by atoms with Crippen LogP contribution in [0.4, 0.5) is 5.69 Å². The second-order valence-electron chi connectivity index (χ2n) is 3.77. The number of aromatic amines is 1. The Kier molecular flexibility index (Phi) is 3.63. The number of benzene rings is 1. The molecule has 7 heteroatoms. The van der Waals surface area contributed by atoms with Crippen LogP contribution in [-0.2, 0) is 16.6 Å². The van der Waals surface area contributed by atoms with Gasteiger partial charge in [-0.05, 0) is 24.7 Å². The van der Waals surface area contributed by atoms with Gasteiger partial charge < -0.3 is 5.32 Å². The molecule has 0 saturated carbocycles. The molecule has 0 bridgehead atoms. The van der Waals surface area contributed by atoms with E-state index in [1.807, 2.05) is 13.1 Å². The summed E-state index contributed by atoms with van der Waals surface area (Å²) < 4.78 is 26.6. The van der Waals surface area contributed by atoms with E-state index in [4.69, 9.17) is 0 Å². The molecule has 0 spiro atoms. The molecule has 0 aliphatic rings. The maximum Gasteiger partial charge on any atom is 0.262 e. The molecule has 0 aliphatic heterocycles. The summed E-state index contributed by atoms with van der Waals surface area (Å²) in [4.78, 5) is 0.233. The maximum absolute atomic E-state index is 12.1. The van der Waals surface area contributed by atoms with Crippen LogP contribution < -0.4 is 10.0 Å². The second-order valence-corrected chi connectivity index (χ2v) is 5.45. The molecule has 96 valence electrons. The van der Waals surface area contributed by atoms with Crippen molar-refractivity contribution in [2.45, 2.75) is 11.4 Å². The molecule has 0 aliphatic carbocycles. The van der Waals surface area contributed by atoms with Gasteiger partial charge in [0.1, 0.15) is 0 Å². The average Bonchev–Trinajstić information content (AvgIpc) is 2.82. The lowest BCUT2D eigenvalue weighted by Crippen LogP contribution is -2.13. The van der Waals surface area contributed by atoms with Gasteiger partial charge in [0.25, 0.3) is 10.0 Å². The van der Waals surface area contributed by atoms with Gasteiger partial charge in [-0.15, -0.1) is 0 Å². The summed E-state index contributed by atoms with van der Waals surface area (Å²) in [5, 5.41) is 9.21. The lowest BCUT2D eigenvalue weighted by Gasteiger charge is -2.07. The molecule has 0 radical (unpaired) electrons. The van der Waals surface area contributed by atoms with Gasteiger partial charge in [0.2, 0.25) is 0 Å². The third kappa shape index (κ3) is 2.88. The number of rotatable bonds is 5. The molecule has 6 nitrogen and oxygen atoms in total. The van der Waals surface area contributed by atoms with E-state index in [9.17, 15) is 8.42 Å². The minimum atomic E-state index is -3.56. The zero-order valence-electron chi connectivity index (χ0n) is 9.84. The zero-order chi connectivity index (χ0) is 13.0. The van der Waals surface area contributed by atoms with Gasteiger partial charge in [-0.25, -0.2) is 8.42 Å². The zero-order valence-corrected chi connectivity index (χ0v) is 10.7. The van der Waals surface area contributed by atoms with Crippen molar-refractivity contribution in [3.05, 3.63) is 42.2 Å². The molecule has 0 saturated heterocycles. The molecule has 1 aromatic carbocycles. The molecular formula is C11H14N4O2S. The summed E-state index contributed by atoms with van der Waals surface area (Å²) in [6.07, 6.45) is 2.89. The van der Waals surface area contributed by atoms with Crippen molar-refractivity contribution in [3.63, 3.8) is 0 Å². The standard InChI is InChI=1S/C11H14N4O2S/c1-12-6-9-3-2-4-11(5-9)18(16,17)15-10-7-13-14-8-10/h2-5,7-8,12,15H,6H2,1H3,(H,13,14). The van der Waals surface area contributed by atoms with Crippen molar-refractivity contribution in [1.82, 2.24) is 15.5 Å². The van der Waals surface area contributed by atoms with Gasteiger partial charge in [-0.3, -0.25) is 9.82 Å². The highest BCUT2D eigenvalue weighted by atomic mass is 32.2. The summed E-state index contributed by atoms with van der Waals surface area (Å²) >= 11 is 0. The number of anilines is 1. The molecular weight excluding hydrogens is 252 g/mol. The topological polar surface area (TPSA) is 86.9 Å². The average molecular weight is 266 g/mol. The van der Waals surface area contributed by atoms with Crippen molar-refractivity contribution in [2.75, 3.05) is 11.8 Å². The lowest BCUT2D eigenvalue weighted by molar-refractivity contribution is 0.601. The van der Waals surface area contributed by atoms with Gasteiger partial charge in [0.15, 0.2) is 0 Å². The number of nitrogens with zero attached hydrogens (tertiary/aromatic N) is 1. The monoisotopic (exact) mass is 266 g/mol. The molecule has 0 amide bonds. The van der Waals surface area contributed by atoms with E-state index in [0.29, 0.717) is 12.2 Å². The Morgan fingerprint density at radius 2 is 2.22 bits per heavy atom. The van der Waals surface area contributed by atoms with Crippen molar-refractivity contribution in [2.24, 2.45) is 0 Å². The molecule has 0 fully saturated rings. The number of H-pyrrole nitrogens is 1. The Bertz CT molecular complexity index is 608. The van der Waals surface area contributed by atoms with E-state index >= 15 is 0 Å². The van der Waals surface area contributed by atoms with Crippen LogP contribution in [0.3, 0.4) is 0 Å². The van der Waals surface area contributed by atoms with Gasteiger partial charge in [-0.1, -0.05) is 12.1 Å². The van der Waals surface area contributed by atoms with Crippen molar-refractivity contribution in [3.8, 4) is 0 Å². The van der Waals surface area contributed by atoms with Gasteiger partial charge >= 0.3 is 0 Å². The first-order valence-corrected chi connectivity index (χ1v) is 6.85. The highest BCUT2D eigenvalue weighted by Crippen LogP contribution is 2.15. The van der Waals surface area contributed by atoms with Crippen LogP contribution in [0, 0.1) is 0 Å². The third-order valence-corrected chi connectivity index (χ3v) is 3.72. The summed E-state index contributed by atoms with van der Waals surface area (Å²) in [6.45, 7) is 0.620. The first-order chi connectivity index (χ1) is 8.62. The summed E-state index contributed by atoms with van der Waals surface area (Å²) in [5.74, 6) is 0. The van der Waals surface area contributed by atoms with E-state index in [0.717, 1.165) is 5.56 Å². The number of nitrogens with one attached hydrogen (secondary N) is 3. The van der Waals surface area contributed by atoms with Crippen LogP contribution in [0.1, 0.15) is 5.56 Å². The number of hydrogen-bond donors (Lipinski definition) is 3. The van der Waals surface area contributed by atoms with Crippen molar-refractivity contribution >= 4 is 15.7 Å². The van der Waals surface area contributed by atoms with Crippen molar-refractivity contribution in [1.29, 1.82) is 0 Å². The molecule has 1 heterocycles. The summed E-state index contributed by atoms with van der Waals surface area (Å²) in [6, 6.07) is 6.78. The van der Waals surface area contributed by atoms with Gasteiger partial charge in [0.05, 0.1) is 16.8 Å². The van der Waals surface area contributed by atoms with Crippen molar-refractivity contribution < 1.29 is 8.42 Å². The summed E-state index contributed by atoms with van der Waals surface area (Å²) in [5.41, 5.74) is 1.32. The molecule has 1 aromatic heterocycles. The van der Waals surface area contributed by atoms with E-state index in [2.05, 4.69) is 20.2 Å². The Hall–Kier alpha value is -1.86. The Balaban J connectivity index is 2.26. The second kappa shape index (κ2) is 5.19. The van der Waals surface area contributed by atoms with Crippen LogP contribution >= 0.6 is 0 Å². The van der Waals surface area contributed by atoms with E-state index in [1.165, 1.54) is 12.4 Å². The quantitative estimate of drug-likeness (QED) is 0.751. The normalized spacial score (nSPS) is 11.4. The minimum absolute atomic E-state index is 0.233. The van der Waals surface area contributed by atoms with Crippen LogP contribution in [0.15, 0.2) is 41.6 Å². The highest BCUT2D eigenvalue weighted by molar-refractivity contribution is 7.92. The fraction of sp³-hybridized carbons (Fsp3) is 0.182. The van der Waals surface area contributed by atoms with Crippen LogP contribution in [-0.4, -0.2) is 25.7 Å². The molecule has 3 N–H and O–H groups in total. The minimum Gasteiger partial charge on any atom is -0.316 e. The predicted octanol–water partition coefficient (Wildman–Crippen LogP) is 0.930. The Labute approximate surface area is 105 Å². The Morgan fingerprint density at radius 1 is 1.39 bits per heavy atom. The summed E-state index contributed by atoms with van der Waals surface area (Å²) in [7, 11) is -1.75. The fourth-order valence-electron chi connectivity index (χ4n) is 1.55.